The van der Waals surface area contributed by atoms with Gasteiger partial charge in [-0.3, -0.25) is 0 Å². The molecule has 0 aliphatic rings. The van der Waals surface area contributed by atoms with Gasteiger partial charge in [0.2, 0.25) is 0 Å². The zero-order valence-electron chi connectivity index (χ0n) is 9.43. The van der Waals surface area contributed by atoms with E-state index in [1.807, 2.05) is 0 Å². The molecule has 0 aliphatic carbocycles. The Balaban J connectivity index is 3.69. The summed E-state index contributed by atoms with van der Waals surface area (Å²) in [6.45, 7) is 11.7. The van der Waals surface area contributed by atoms with Gasteiger partial charge in [-0.1, -0.05) is 41.0 Å². The van der Waals surface area contributed by atoms with Crippen LogP contribution in [0.4, 0.5) is 0 Å². The summed E-state index contributed by atoms with van der Waals surface area (Å²) in [6, 6.07) is 0. The molecular weight excluding hydrogens is 163 g/mol. The van der Waals surface area contributed by atoms with Crippen LogP contribution in [0.3, 0.4) is 0 Å². The van der Waals surface area contributed by atoms with Crippen molar-refractivity contribution in [2.45, 2.75) is 41.0 Å². The Labute approximate surface area is 79.9 Å². The van der Waals surface area contributed by atoms with E-state index in [2.05, 4.69) is 34.6 Å². The molecule has 0 atom stereocenters. The van der Waals surface area contributed by atoms with Crippen molar-refractivity contribution in [2.75, 3.05) is 18.5 Å². The molecule has 0 amide bonds. The van der Waals surface area contributed by atoms with Crippen LogP contribution in [0.25, 0.3) is 0 Å². The van der Waals surface area contributed by atoms with Crippen molar-refractivity contribution < 1.29 is 0 Å². The summed E-state index contributed by atoms with van der Waals surface area (Å²) in [6.07, 6.45) is 5.85. The molecule has 0 bridgehead atoms. The summed E-state index contributed by atoms with van der Waals surface area (Å²) in [5, 5.41) is 0. The SMILES string of the molecule is CCCP(CC(C)C)CC(C)C. The third-order valence-electron chi connectivity index (χ3n) is 1.79. The van der Waals surface area contributed by atoms with Crippen molar-refractivity contribution in [1.82, 2.24) is 0 Å². The highest BCUT2D eigenvalue weighted by molar-refractivity contribution is 7.57. The van der Waals surface area contributed by atoms with Crippen LogP contribution in [0.5, 0.6) is 0 Å². The molecule has 74 valence electrons. The van der Waals surface area contributed by atoms with Crippen LogP contribution >= 0.6 is 7.92 Å². The molecule has 0 aromatic rings. The van der Waals surface area contributed by atoms with Gasteiger partial charge < -0.3 is 0 Å². The quantitative estimate of drug-likeness (QED) is 0.548. The Bertz CT molecular complexity index is 87.2. The van der Waals surface area contributed by atoms with Gasteiger partial charge in [0.25, 0.3) is 0 Å². The minimum atomic E-state index is 0.360. The van der Waals surface area contributed by atoms with Crippen molar-refractivity contribution in [1.29, 1.82) is 0 Å². The normalized spacial score (nSPS) is 12.0. The zero-order chi connectivity index (χ0) is 9.56. The van der Waals surface area contributed by atoms with Gasteiger partial charge in [-0.25, -0.2) is 0 Å². The molecule has 0 aliphatic heterocycles. The van der Waals surface area contributed by atoms with Crippen LogP contribution in [-0.2, 0) is 0 Å². The zero-order valence-corrected chi connectivity index (χ0v) is 10.3. The monoisotopic (exact) mass is 188 g/mol. The van der Waals surface area contributed by atoms with Crippen LogP contribution in [0, 0.1) is 11.8 Å². The fourth-order valence-electron chi connectivity index (χ4n) is 1.61. The van der Waals surface area contributed by atoms with Gasteiger partial charge in [0, 0.05) is 0 Å². The van der Waals surface area contributed by atoms with Gasteiger partial charge in [-0.15, -0.1) is 7.92 Å². The third-order valence-corrected chi connectivity index (χ3v) is 5.36. The average Bonchev–Trinajstić information content (AvgIpc) is 1.84. The van der Waals surface area contributed by atoms with Crippen LogP contribution in [0.15, 0.2) is 0 Å². The molecular formula is C11H25P. The van der Waals surface area contributed by atoms with E-state index in [1.54, 1.807) is 0 Å². The van der Waals surface area contributed by atoms with Crippen LogP contribution in [0.2, 0.25) is 0 Å². The maximum atomic E-state index is 2.35. The van der Waals surface area contributed by atoms with Crippen molar-refractivity contribution >= 4 is 7.92 Å². The Morgan fingerprint density at radius 3 is 1.58 bits per heavy atom. The van der Waals surface area contributed by atoms with Crippen molar-refractivity contribution in [2.24, 2.45) is 11.8 Å². The second kappa shape index (κ2) is 6.89. The lowest BCUT2D eigenvalue weighted by atomic mass is 10.3. The van der Waals surface area contributed by atoms with E-state index >= 15 is 0 Å². The first kappa shape index (κ1) is 12.4. The standard InChI is InChI=1S/C11H25P/c1-6-7-12(8-10(2)3)9-11(4)5/h10-11H,6-9H2,1-5H3. The Morgan fingerprint density at radius 1 is 0.917 bits per heavy atom. The van der Waals surface area contributed by atoms with Crippen LogP contribution in [-0.4, -0.2) is 18.5 Å². The molecule has 0 N–H and O–H groups in total. The fraction of sp³-hybridized carbons (Fsp3) is 1.00. The summed E-state index contributed by atoms with van der Waals surface area (Å²) in [5.74, 6) is 1.81. The number of rotatable bonds is 6. The lowest BCUT2D eigenvalue weighted by Crippen LogP contribution is -2.04. The molecule has 0 radical (unpaired) electrons. The lowest BCUT2D eigenvalue weighted by molar-refractivity contribution is 0.716. The maximum Gasteiger partial charge on any atom is -0.0303 e. The van der Waals surface area contributed by atoms with E-state index < -0.39 is 0 Å². The van der Waals surface area contributed by atoms with E-state index in [9.17, 15) is 0 Å². The minimum Gasteiger partial charge on any atom is -0.106 e. The van der Waals surface area contributed by atoms with Crippen LogP contribution < -0.4 is 0 Å². The molecule has 0 nitrogen and oxygen atoms in total. The highest BCUT2D eigenvalue weighted by Crippen LogP contribution is 2.40. The van der Waals surface area contributed by atoms with Gasteiger partial charge in [-0.2, -0.15) is 0 Å². The van der Waals surface area contributed by atoms with Crippen molar-refractivity contribution in [3.8, 4) is 0 Å². The molecule has 0 spiro atoms. The molecule has 0 heterocycles. The summed E-state index contributed by atoms with van der Waals surface area (Å²) >= 11 is 0. The molecule has 0 saturated carbocycles. The summed E-state index contributed by atoms with van der Waals surface area (Å²) < 4.78 is 0. The summed E-state index contributed by atoms with van der Waals surface area (Å²) in [5.41, 5.74) is 0. The lowest BCUT2D eigenvalue weighted by Gasteiger charge is -2.20. The minimum absolute atomic E-state index is 0.360. The topological polar surface area (TPSA) is 0 Å². The predicted octanol–water partition coefficient (Wildman–Crippen LogP) is 4.19. The first-order valence-electron chi connectivity index (χ1n) is 5.28. The highest BCUT2D eigenvalue weighted by Gasteiger charge is 2.10. The van der Waals surface area contributed by atoms with Gasteiger partial charge in [0.1, 0.15) is 0 Å². The molecule has 0 aromatic carbocycles. The number of hydrogen-bond acceptors (Lipinski definition) is 0. The molecule has 0 aromatic heterocycles. The largest absolute Gasteiger partial charge is 0.106 e. The summed E-state index contributed by atoms with van der Waals surface area (Å²) in [4.78, 5) is 0. The van der Waals surface area contributed by atoms with Gasteiger partial charge >= 0.3 is 0 Å². The maximum absolute atomic E-state index is 2.35. The molecule has 1 heteroatoms. The third kappa shape index (κ3) is 7.10. The van der Waals surface area contributed by atoms with Crippen molar-refractivity contribution in [3.05, 3.63) is 0 Å². The molecule has 0 saturated heterocycles. The Hall–Kier alpha value is 0.430. The first-order chi connectivity index (χ1) is 5.56. The van der Waals surface area contributed by atoms with Crippen molar-refractivity contribution in [3.63, 3.8) is 0 Å². The smallest absolute Gasteiger partial charge is 0.0303 e. The van der Waals surface area contributed by atoms with E-state index in [4.69, 9.17) is 0 Å². The highest BCUT2D eigenvalue weighted by atomic mass is 31.1. The van der Waals surface area contributed by atoms with E-state index in [1.165, 1.54) is 24.9 Å². The first-order valence-corrected chi connectivity index (χ1v) is 7.18. The van der Waals surface area contributed by atoms with E-state index in [0.717, 1.165) is 11.8 Å². The number of hydrogen-bond donors (Lipinski definition) is 0. The predicted molar refractivity (Wildman–Crippen MR) is 61.5 cm³/mol. The van der Waals surface area contributed by atoms with E-state index in [-0.39, 0.29) is 0 Å². The van der Waals surface area contributed by atoms with Gasteiger partial charge in [-0.05, 0) is 30.3 Å². The van der Waals surface area contributed by atoms with Gasteiger partial charge in [0.15, 0.2) is 0 Å². The van der Waals surface area contributed by atoms with Crippen LogP contribution in [0.1, 0.15) is 41.0 Å². The Morgan fingerprint density at radius 2 is 1.33 bits per heavy atom. The van der Waals surface area contributed by atoms with Gasteiger partial charge in [0.05, 0.1) is 0 Å². The molecule has 12 heavy (non-hydrogen) atoms. The second-order valence-electron chi connectivity index (χ2n) is 4.55. The second-order valence-corrected chi connectivity index (χ2v) is 7.07. The molecule has 0 rings (SSSR count). The summed E-state index contributed by atoms with van der Waals surface area (Å²) in [7, 11) is 0.360. The average molecular weight is 188 g/mol. The van der Waals surface area contributed by atoms with E-state index in [0.29, 0.717) is 7.92 Å². The molecule has 0 fully saturated rings. The Kier molecular flexibility index (Phi) is 7.14. The molecule has 0 unspecified atom stereocenters. The fourth-order valence-corrected chi connectivity index (χ4v) is 4.82.